The van der Waals surface area contributed by atoms with Crippen molar-refractivity contribution in [2.24, 2.45) is 23.7 Å². The monoisotopic (exact) mass is 417 g/mol. The molecule has 1 saturated heterocycles. The second-order valence-corrected chi connectivity index (χ2v) is 9.26. The van der Waals surface area contributed by atoms with Crippen molar-refractivity contribution in [3.8, 4) is 5.75 Å². The van der Waals surface area contributed by atoms with Crippen molar-refractivity contribution in [3.63, 3.8) is 0 Å². The largest absolute Gasteiger partial charge is 0.425 e. The lowest BCUT2D eigenvalue weighted by atomic mass is 9.81. The molecular formula is C26H27NO4. The summed E-state index contributed by atoms with van der Waals surface area (Å²) < 4.78 is 5.78. The molecule has 2 aromatic carbocycles. The Bertz CT molecular complexity index is 1020. The first-order valence-corrected chi connectivity index (χ1v) is 11.1. The van der Waals surface area contributed by atoms with Crippen molar-refractivity contribution in [1.82, 2.24) is 4.90 Å². The number of ether oxygens (including phenoxy) is 1. The van der Waals surface area contributed by atoms with Crippen molar-refractivity contribution in [1.29, 1.82) is 0 Å². The van der Waals surface area contributed by atoms with Crippen LogP contribution in [0, 0.1) is 37.5 Å². The fraction of sp³-hybridized carbons (Fsp3) is 0.423. The second kappa shape index (κ2) is 7.63. The van der Waals surface area contributed by atoms with Crippen LogP contribution in [0.2, 0.25) is 0 Å². The van der Waals surface area contributed by atoms with Crippen LogP contribution in [-0.2, 0) is 20.8 Å². The van der Waals surface area contributed by atoms with E-state index in [2.05, 4.69) is 0 Å². The summed E-state index contributed by atoms with van der Waals surface area (Å²) >= 11 is 0. The van der Waals surface area contributed by atoms with Gasteiger partial charge in [-0.1, -0.05) is 42.5 Å². The van der Waals surface area contributed by atoms with Gasteiger partial charge in [0.2, 0.25) is 11.8 Å². The molecule has 31 heavy (non-hydrogen) atoms. The Balaban J connectivity index is 1.47. The topological polar surface area (TPSA) is 63.7 Å². The van der Waals surface area contributed by atoms with Crippen LogP contribution < -0.4 is 4.74 Å². The van der Waals surface area contributed by atoms with E-state index < -0.39 is 12.0 Å². The zero-order chi connectivity index (χ0) is 21.7. The number of benzene rings is 2. The maximum atomic E-state index is 13.4. The summed E-state index contributed by atoms with van der Waals surface area (Å²) in [6, 6.07) is 14.1. The Morgan fingerprint density at radius 3 is 2.26 bits per heavy atom. The van der Waals surface area contributed by atoms with Crippen molar-refractivity contribution in [3.05, 3.63) is 65.2 Å². The third-order valence-electron chi connectivity index (χ3n) is 7.58. The van der Waals surface area contributed by atoms with Crippen molar-refractivity contribution in [2.75, 3.05) is 0 Å². The maximum absolute atomic E-state index is 13.4. The molecule has 0 unspecified atom stereocenters. The van der Waals surface area contributed by atoms with Gasteiger partial charge < -0.3 is 4.74 Å². The highest BCUT2D eigenvalue weighted by Crippen LogP contribution is 2.56. The number of aryl methyl sites for hydroxylation is 1. The molecule has 160 valence electrons. The minimum absolute atomic E-state index is 0.180. The van der Waals surface area contributed by atoms with Crippen LogP contribution in [-0.4, -0.2) is 28.7 Å². The van der Waals surface area contributed by atoms with Crippen molar-refractivity contribution in [2.45, 2.75) is 45.6 Å². The molecule has 1 aliphatic heterocycles. The molecule has 2 amide bonds. The summed E-state index contributed by atoms with van der Waals surface area (Å²) in [5, 5.41) is 0. The fourth-order valence-electron chi connectivity index (χ4n) is 5.87. The van der Waals surface area contributed by atoms with E-state index in [0.29, 0.717) is 5.75 Å². The predicted molar refractivity (Wildman–Crippen MR) is 115 cm³/mol. The second-order valence-electron chi connectivity index (χ2n) is 9.26. The quantitative estimate of drug-likeness (QED) is 0.421. The van der Waals surface area contributed by atoms with Gasteiger partial charge in [0.25, 0.3) is 0 Å². The number of esters is 1. The zero-order valence-corrected chi connectivity index (χ0v) is 17.9. The van der Waals surface area contributed by atoms with Crippen molar-refractivity contribution >= 4 is 17.8 Å². The first-order valence-electron chi connectivity index (χ1n) is 11.1. The van der Waals surface area contributed by atoms with Crippen LogP contribution in [0.1, 0.15) is 36.0 Å². The predicted octanol–water partition coefficient (Wildman–Crippen LogP) is 3.85. The van der Waals surface area contributed by atoms with Crippen LogP contribution in [0.3, 0.4) is 0 Å². The molecule has 2 aliphatic carbocycles. The number of rotatable bonds is 5. The van der Waals surface area contributed by atoms with Gasteiger partial charge in [-0.05, 0) is 67.7 Å². The molecule has 0 N–H and O–H groups in total. The van der Waals surface area contributed by atoms with Crippen LogP contribution in [0.4, 0.5) is 0 Å². The summed E-state index contributed by atoms with van der Waals surface area (Å²) in [6.45, 7) is 3.86. The SMILES string of the molecule is Cc1cccc(OC(=O)[C@H](Cc2ccccc2)N2C(=O)[C@H]3[C@@H]4CC[C@H](C4)[C@@H]3C2=O)c1C. The maximum Gasteiger partial charge on any atom is 0.335 e. The first-order chi connectivity index (χ1) is 15.0. The number of nitrogens with zero attached hydrogens (tertiary/aromatic N) is 1. The number of hydrogen-bond donors (Lipinski definition) is 0. The average molecular weight is 418 g/mol. The number of fused-ring (bicyclic) bond motifs is 5. The molecule has 2 saturated carbocycles. The van der Waals surface area contributed by atoms with Gasteiger partial charge in [0.1, 0.15) is 11.8 Å². The van der Waals surface area contributed by atoms with Crippen LogP contribution in [0.15, 0.2) is 48.5 Å². The Hall–Kier alpha value is -2.95. The van der Waals surface area contributed by atoms with Crippen LogP contribution in [0.25, 0.3) is 0 Å². The molecule has 3 fully saturated rings. The Kier molecular flexibility index (Phi) is 4.92. The standard InChI is InChI=1S/C26H27NO4/c1-15-7-6-10-21(16(15)2)31-26(30)20(13-17-8-4-3-5-9-17)27-24(28)22-18-11-12-19(14-18)23(22)25(27)29/h3-10,18-20,22-23H,11-14H2,1-2H3/t18-,19-,20+,22+,23+/m1/s1. The summed E-state index contributed by atoms with van der Waals surface area (Å²) in [4.78, 5) is 41.4. The molecule has 0 aromatic heterocycles. The Morgan fingerprint density at radius 1 is 0.968 bits per heavy atom. The molecule has 2 bridgehead atoms. The van der Waals surface area contributed by atoms with E-state index in [0.717, 1.165) is 36.0 Å². The van der Waals surface area contributed by atoms with Gasteiger partial charge in [-0.25, -0.2) is 4.79 Å². The highest BCUT2D eigenvalue weighted by atomic mass is 16.5. The first kappa shape index (κ1) is 20.0. The van der Waals surface area contributed by atoms with Gasteiger partial charge in [-0.3, -0.25) is 14.5 Å². The highest BCUT2D eigenvalue weighted by Gasteiger charge is 2.62. The Morgan fingerprint density at radius 2 is 1.61 bits per heavy atom. The summed E-state index contributed by atoms with van der Waals surface area (Å²) in [5.74, 6) is -0.375. The molecule has 3 aliphatic rings. The minimum atomic E-state index is -0.952. The minimum Gasteiger partial charge on any atom is -0.425 e. The molecule has 0 spiro atoms. The van der Waals surface area contributed by atoms with Gasteiger partial charge in [0.15, 0.2) is 0 Å². The van der Waals surface area contributed by atoms with Gasteiger partial charge in [0.05, 0.1) is 11.8 Å². The van der Waals surface area contributed by atoms with E-state index in [9.17, 15) is 14.4 Å². The lowest BCUT2D eigenvalue weighted by Crippen LogP contribution is -2.49. The zero-order valence-electron chi connectivity index (χ0n) is 17.9. The van der Waals surface area contributed by atoms with E-state index in [-0.39, 0.29) is 41.9 Å². The third kappa shape index (κ3) is 3.27. The van der Waals surface area contributed by atoms with Crippen molar-refractivity contribution < 1.29 is 19.1 Å². The number of hydrogen-bond acceptors (Lipinski definition) is 4. The molecule has 5 atom stereocenters. The fourth-order valence-corrected chi connectivity index (χ4v) is 5.87. The van der Waals surface area contributed by atoms with E-state index in [1.54, 1.807) is 6.07 Å². The molecule has 2 aromatic rings. The normalized spacial score (nSPS) is 27.5. The van der Waals surface area contributed by atoms with Gasteiger partial charge in [-0.2, -0.15) is 0 Å². The molecular weight excluding hydrogens is 390 g/mol. The third-order valence-corrected chi connectivity index (χ3v) is 7.58. The molecule has 1 heterocycles. The number of likely N-dealkylation sites (tertiary alicyclic amines) is 1. The molecule has 0 radical (unpaired) electrons. The van der Waals surface area contributed by atoms with E-state index in [1.165, 1.54) is 4.90 Å². The summed E-state index contributed by atoms with van der Waals surface area (Å²) in [5.41, 5.74) is 2.79. The number of amides is 2. The lowest BCUT2D eigenvalue weighted by Gasteiger charge is -2.26. The molecule has 5 heteroatoms. The van der Waals surface area contributed by atoms with Gasteiger partial charge in [0, 0.05) is 6.42 Å². The average Bonchev–Trinajstić information content (AvgIpc) is 3.45. The van der Waals surface area contributed by atoms with Gasteiger partial charge in [-0.15, -0.1) is 0 Å². The van der Waals surface area contributed by atoms with Gasteiger partial charge >= 0.3 is 5.97 Å². The van der Waals surface area contributed by atoms with E-state index >= 15 is 0 Å². The number of imide groups is 1. The van der Waals surface area contributed by atoms with E-state index in [1.807, 2.05) is 56.3 Å². The van der Waals surface area contributed by atoms with E-state index in [4.69, 9.17) is 4.74 Å². The summed E-state index contributed by atoms with van der Waals surface area (Å²) in [7, 11) is 0. The molecule has 5 rings (SSSR count). The smallest absolute Gasteiger partial charge is 0.335 e. The number of carbonyl (C=O) groups excluding carboxylic acids is 3. The summed E-state index contributed by atoms with van der Waals surface area (Å²) in [6.07, 6.45) is 3.25. The van der Waals surface area contributed by atoms with Crippen LogP contribution >= 0.6 is 0 Å². The molecule has 5 nitrogen and oxygen atoms in total. The Labute approximate surface area is 182 Å². The number of carbonyl (C=O) groups is 3. The van der Waals surface area contributed by atoms with Crippen LogP contribution in [0.5, 0.6) is 5.75 Å². The highest BCUT2D eigenvalue weighted by molar-refractivity contribution is 6.08. The lowest BCUT2D eigenvalue weighted by molar-refractivity contribution is -0.154.